The molecule has 0 atom stereocenters. The van der Waals surface area contributed by atoms with E-state index in [1.165, 1.54) is 5.56 Å². The Bertz CT molecular complexity index is 549. The molecule has 1 aliphatic carbocycles. The molecule has 5 heteroatoms. The molecule has 1 aliphatic heterocycles. The van der Waals surface area contributed by atoms with E-state index >= 15 is 0 Å². The van der Waals surface area contributed by atoms with Crippen LogP contribution in [-0.2, 0) is 16.8 Å². The van der Waals surface area contributed by atoms with Crippen LogP contribution in [0.3, 0.4) is 0 Å². The van der Waals surface area contributed by atoms with E-state index in [0.717, 1.165) is 24.9 Å². The molecule has 0 unspecified atom stereocenters. The standard InChI is InChI=1S/C13H14N2O3/c1-9(16)14-7-10-6-11(15(17)18)2-3-12(10)13(8-14)4-5-13/h2-3,6H,4-5,7-8H2,1H3. The van der Waals surface area contributed by atoms with Crippen molar-refractivity contribution >= 4 is 11.6 Å². The summed E-state index contributed by atoms with van der Waals surface area (Å²) in [5.74, 6) is 0.0402. The third kappa shape index (κ3) is 1.58. The van der Waals surface area contributed by atoms with Gasteiger partial charge in [0.15, 0.2) is 0 Å². The average molecular weight is 246 g/mol. The van der Waals surface area contributed by atoms with E-state index in [9.17, 15) is 14.9 Å². The molecule has 1 aromatic rings. The van der Waals surface area contributed by atoms with Gasteiger partial charge >= 0.3 is 0 Å². The van der Waals surface area contributed by atoms with Crippen molar-refractivity contribution < 1.29 is 9.72 Å². The summed E-state index contributed by atoms with van der Waals surface area (Å²) in [7, 11) is 0. The van der Waals surface area contributed by atoms with Crippen molar-refractivity contribution in [2.75, 3.05) is 6.54 Å². The predicted molar refractivity (Wildman–Crippen MR) is 65.1 cm³/mol. The van der Waals surface area contributed by atoms with Gasteiger partial charge in [-0.3, -0.25) is 14.9 Å². The lowest BCUT2D eigenvalue weighted by molar-refractivity contribution is -0.385. The Morgan fingerprint density at radius 1 is 1.44 bits per heavy atom. The van der Waals surface area contributed by atoms with Crippen molar-refractivity contribution in [2.24, 2.45) is 0 Å². The molecule has 3 rings (SSSR count). The van der Waals surface area contributed by atoms with E-state index in [1.54, 1.807) is 24.0 Å². The van der Waals surface area contributed by atoms with Gasteiger partial charge < -0.3 is 4.90 Å². The van der Waals surface area contributed by atoms with Gasteiger partial charge in [0.05, 0.1) is 4.92 Å². The van der Waals surface area contributed by atoms with E-state index in [4.69, 9.17) is 0 Å². The predicted octanol–water partition coefficient (Wildman–Crippen LogP) is 1.99. The summed E-state index contributed by atoms with van der Waals surface area (Å²) in [6.07, 6.45) is 2.14. The number of benzene rings is 1. The van der Waals surface area contributed by atoms with Gasteiger partial charge in [-0.2, -0.15) is 0 Å². The topological polar surface area (TPSA) is 63.5 Å². The van der Waals surface area contributed by atoms with E-state index in [2.05, 4.69) is 0 Å². The molecule has 1 fully saturated rings. The summed E-state index contributed by atoms with van der Waals surface area (Å²) in [6.45, 7) is 2.81. The number of fused-ring (bicyclic) bond motifs is 2. The van der Waals surface area contributed by atoms with Crippen LogP contribution < -0.4 is 0 Å². The normalized spacial score (nSPS) is 19.5. The Labute approximate surface area is 105 Å². The quantitative estimate of drug-likeness (QED) is 0.562. The Morgan fingerprint density at radius 3 is 2.72 bits per heavy atom. The Hall–Kier alpha value is -1.91. The first-order valence-corrected chi connectivity index (χ1v) is 6.05. The van der Waals surface area contributed by atoms with Crippen LogP contribution in [-0.4, -0.2) is 22.3 Å². The highest BCUT2D eigenvalue weighted by Gasteiger charge is 2.49. The number of carbonyl (C=O) groups is 1. The van der Waals surface area contributed by atoms with Crippen LogP contribution in [0.5, 0.6) is 0 Å². The van der Waals surface area contributed by atoms with E-state index in [-0.39, 0.29) is 21.9 Å². The number of nitro benzene ring substituents is 1. The van der Waals surface area contributed by atoms with Crippen LogP contribution in [0.25, 0.3) is 0 Å². The zero-order valence-electron chi connectivity index (χ0n) is 10.2. The maximum absolute atomic E-state index is 11.5. The summed E-state index contributed by atoms with van der Waals surface area (Å²) in [5.41, 5.74) is 2.32. The number of nitro groups is 1. The summed E-state index contributed by atoms with van der Waals surface area (Å²) in [5, 5.41) is 10.8. The minimum Gasteiger partial charge on any atom is -0.338 e. The van der Waals surface area contributed by atoms with Crippen LogP contribution in [0.2, 0.25) is 0 Å². The van der Waals surface area contributed by atoms with E-state index < -0.39 is 0 Å². The largest absolute Gasteiger partial charge is 0.338 e. The monoisotopic (exact) mass is 246 g/mol. The number of rotatable bonds is 1. The fourth-order valence-corrected chi connectivity index (χ4v) is 2.85. The smallest absolute Gasteiger partial charge is 0.269 e. The molecular formula is C13H14N2O3. The average Bonchev–Trinajstić information content (AvgIpc) is 3.08. The summed E-state index contributed by atoms with van der Waals surface area (Å²) >= 11 is 0. The van der Waals surface area contributed by atoms with Gasteiger partial charge in [-0.15, -0.1) is 0 Å². The number of nitrogens with zero attached hydrogens (tertiary/aromatic N) is 2. The first-order chi connectivity index (χ1) is 8.52. The van der Waals surface area contributed by atoms with Crippen molar-refractivity contribution in [1.82, 2.24) is 4.90 Å². The zero-order chi connectivity index (χ0) is 12.9. The summed E-state index contributed by atoms with van der Waals surface area (Å²) in [6, 6.07) is 5.06. The lowest BCUT2D eigenvalue weighted by atomic mass is 9.86. The third-order valence-electron chi connectivity index (χ3n) is 4.02. The Kier molecular flexibility index (Phi) is 2.20. The van der Waals surface area contributed by atoms with E-state index in [1.807, 2.05) is 6.07 Å². The van der Waals surface area contributed by atoms with Crippen molar-refractivity contribution in [3.63, 3.8) is 0 Å². The molecule has 0 saturated heterocycles. The Balaban J connectivity index is 2.05. The fraction of sp³-hybridized carbons (Fsp3) is 0.462. The molecule has 1 spiro atoms. The van der Waals surface area contributed by atoms with Gasteiger partial charge in [0.1, 0.15) is 0 Å². The van der Waals surface area contributed by atoms with Crippen LogP contribution in [0.4, 0.5) is 5.69 Å². The first-order valence-electron chi connectivity index (χ1n) is 6.05. The van der Waals surface area contributed by atoms with Gasteiger partial charge in [0.2, 0.25) is 5.91 Å². The molecule has 0 N–H and O–H groups in total. The third-order valence-corrected chi connectivity index (χ3v) is 4.02. The van der Waals surface area contributed by atoms with Gasteiger partial charge in [-0.1, -0.05) is 6.07 Å². The number of amides is 1. The maximum atomic E-state index is 11.5. The highest BCUT2D eigenvalue weighted by molar-refractivity contribution is 5.74. The van der Waals surface area contributed by atoms with Gasteiger partial charge in [0.25, 0.3) is 5.69 Å². The number of non-ortho nitro benzene ring substituents is 1. The molecule has 94 valence electrons. The number of hydrogen-bond donors (Lipinski definition) is 0. The number of carbonyl (C=O) groups excluding carboxylic acids is 1. The lowest BCUT2D eigenvalue weighted by Gasteiger charge is -2.34. The molecule has 2 aliphatic rings. The second-order valence-electron chi connectivity index (χ2n) is 5.25. The zero-order valence-corrected chi connectivity index (χ0v) is 10.2. The second kappa shape index (κ2) is 3.54. The molecule has 0 bridgehead atoms. The summed E-state index contributed by atoms with van der Waals surface area (Å²) in [4.78, 5) is 23.7. The molecule has 0 aromatic heterocycles. The highest BCUT2D eigenvalue weighted by Crippen LogP contribution is 2.52. The van der Waals surface area contributed by atoms with Crippen LogP contribution in [0.1, 0.15) is 30.9 Å². The molecule has 1 heterocycles. The Morgan fingerprint density at radius 2 is 2.17 bits per heavy atom. The second-order valence-corrected chi connectivity index (χ2v) is 5.25. The van der Waals surface area contributed by atoms with Crippen LogP contribution >= 0.6 is 0 Å². The van der Waals surface area contributed by atoms with E-state index in [0.29, 0.717) is 6.54 Å². The van der Waals surface area contributed by atoms with Gasteiger partial charge in [-0.25, -0.2) is 0 Å². The molecule has 18 heavy (non-hydrogen) atoms. The van der Waals surface area contributed by atoms with Crippen molar-refractivity contribution in [2.45, 2.75) is 31.7 Å². The van der Waals surface area contributed by atoms with Crippen LogP contribution in [0, 0.1) is 10.1 Å². The van der Waals surface area contributed by atoms with Crippen molar-refractivity contribution in [3.05, 3.63) is 39.4 Å². The molecule has 0 radical (unpaired) electrons. The molecule has 1 saturated carbocycles. The summed E-state index contributed by atoms with van der Waals surface area (Å²) < 4.78 is 0. The molecule has 1 aromatic carbocycles. The highest BCUT2D eigenvalue weighted by atomic mass is 16.6. The minimum absolute atomic E-state index is 0.0402. The van der Waals surface area contributed by atoms with Gasteiger partial charge in [0, 0.05) is 37.6 Å². The number of hydrogen-bond acceptors (Lipinski definition) is 3. The van der Waals surface area contributed by atoms with Crippen LogP contribution in [0.15, 0.2) is 18.2 Å². The minimum atomic E-state index is -0.382. The maximum Gasteiger partial charge on any atom is 0.269 e. The first kappa shape index (κ1) is 11.2. The lowest BCUT2D eigenvalue weighted by Crippen LogP contribution is -2.40. The SMILES string of the molecule is CC(=O)N1Cc2cc([N+](=O)[O-])ccc2C2(CC2)C1. The fourth-order valence-electron chi connectivity index (χ4n) is 2.85. The van der Waals surface area contributed by atoms with Crippen molar-refractivity contribution in [3.8, 4) is 0 Å². The molecule has 1 amide bonds. The van der Waals surface area contributed by atoms with Crippen molar-refractivity contribution in [1.29, 1.82) is 0 Å². The van der Waals surface area contributed by atoms with Gasteiger partial charge in [-0.05, 0) is 24.0 Å². The molecular weight excluding hydrogens is 232 g/mol. The molecule has 5 nitrogen and oxygen atoms in total.